The zero-order valence-corrected chi connectivity index (χ0v) is 15.8. The van der Waals surface area contributed by atoms with Crippen LogP contribution in [0.1, 0.15) is 18.5 Å². The van der Waals surface area contributed by atoms with E-state index in [0.717, 1.165) is 67.4 Å². The van der Waals surface area contributed by atoms with Crippen LogP contribution in [0.4, 0.5) is 0 Å². The first-order valence-electron chi connectivity index (χ1n) is 9.70. The van der Waals surface area contributed by atoms with E-state index in [1.165, 1.54) is 0 Å². The third kappa shape index (κ3) is 3.96. The lowest BCUT2D eigenvalue weighted by atomic mass is 9.99. The Morgan fingerprint density at radius 1 is 1.22 bits per heavy atom. The van der Waals surface area contributed by atoms with E-state index in [1.807, 2.05) is 31.5 Å². The maximum Gasteiger partial charge on any atom is 0.111 e. The van der Waals surface area contributed by atoms with E-state index in [0.29, 0.717) is 5.92 Å². The van der Waals surface area contributed by atoms with E-state index in [4.69, 9.17) is 4.98 Å². The number of hydrogen-bond acceptors (Lipinski definition) is 4. The number of imidazole rings is 1. The molecule has 0 bridgehead atoms. The van der Waals surface area contributed by atoms with Gasteiger partial charge < -0.3 is 14.6 Å². The number of aliphatic hydroxyl groups is 1. The van der Waals surface area contributed by atoms with Gasteiger partial charge in [0, 0.05) is 37.5 Å². The van der Waals surface area contributed by atoms with Crippen molar-refractivity contribution in [1.29, 1.82) is 0 Å². The quantitative estimate of drug-likeness (QED) is 0.705. The molecule has 1 atom stereocenters. The van der Waals surface area contributed by atoms with Gasteiger partial charge in [0.15, 0.2) is 0 Å². The standard InChI is InChI=1S/C21H27N5O/c1-16-12-19(24-23-16)21-20(18-7-3-2-4-8-18)22-15-26(21)11-10-25-9-5-6-17(13-25)14-27/h2-4,7-8,12,15,17,27H,5-6,9-11,13-14H2,1H3,(H,23,24). The summed E-state index contributed by atoms with van der Waals surface area (Å²) in [4.78, 5) is 7.17. The molecule has 1 aliphatic rings. The molecule has 6 heteroatoms. The number of rotatable bonds is 6. The van der Waals surface area contributed by atoms with Crippen LogP contribution in [0, 0.1) is 12.8 Å². The van der Waals surface area contributed by atoms with Gasteiger partial charge in [0.25, 0.3) is 0 Å². The van der Waals surface area contributed by atoms with Crippen LogP contribution in [0.2, 0.25) is 0 Å². The van der Waals surface area contributed by atoms with Gasteiger partial charge in [-0.05, 0) is 38.3 Å². The molecule has 2 aromatic heterocycles. The maximum atomic E-state index is 9.46. The summed E-state index contributed by atoms with van der Waals surface area (Å²) in [5, 5.41) is 17.0. The Morgan fingerprint density at radius 2 is 2.07 bits per heavy atom. The molecule has 3 aromatic rings. The van der Waals surface area contributed by atoms with Gasteiger partial charge in [-0.3, -0.25) is 5.10 Å². The molecular formula is C21H27N5O. The van der Waals surface area contributed by atoms with Crippen LogP contribution in [0.5, 0.6) is 0 Å². The van der Waals surface area contributed by atoms with Gasteiger partial charge >= 0.3 is 0 Å². The average molecular weight is 365 g/mol. The molecular weight excluding hydrogens is 338 g/mol. The van der Waals surface area contributed by atoms with Gasteiger partial charge in [-0.15, -0.1) is 0 Å². The minimum absolute atomic E-state index is 0.289. The number of aromatic nitrogens is 4. The minimum atomic E-state index is 0.289. The lowest BCUT2D eigenvalue weighted by Gasteiger charge is -2.31. The van der Waals surface area contributed by atoms with Crippen molar-refractivity contribution >= 4 is 0 Å². The summed E-state index contributed by atoms with van der Waals surface area (Å²) in [6.45, 7) is 6.21. The third-order valence-corrected chi connectivity index (χ3v) is 5.35. The molecule has 1 saturated heterocycles. The number of nitrogens with zero attached hydrogens (tertiary/aromatic N) is 4. The average Bonchev–Trinajstić information content (AvgIpc) is 3.33. The molecule has 1 aromatic carbocycles. The second-order valence-electron chi connectivity index (χ2n) is 7.43. The van der Waals surface area contributed by atoms with E-state index < -0.39 is 0 Å². The van der Waals surface area contributed by atoms with Crippen molar-refractivity contribution in [3.63, 3.8) is 0 Å². The van der Waals surface area contributed by atoms with Gasteiger partial charge in [0.1, 0.15) is 5.69 Å². The van der Waals surface area contributed by atoms with Gasteiger partial charge in [0.2, 0.25) is 0 Å². The van der Waals surface area contributed by atoms with E-state index >= 15 is 0 Å². The number of aryl methyl sites for hydroxylation is 1. The van der Waals surface area contributed by atoms with Crippen LogP contribution in [-0.4, -0.2) is 56.0 Å². The first kappa shape index (κ1) is 17.9. The Kier molecular flexibility index (Phi) is 5.36. The van der Waals surface area contributed by atoms with Crippen molar-refractivity contribution in [2.24, 2.45) is 5.92 Å². The number of piperidine rings is 1. The number of likely N-dealkylation sites (tertiary alicyclic amines) is 1. The van der Waals surface area contributed by atoms with Gasteiger partial charge in [0.05, 0.1) is 17.7 Å². The van der Waals surface area contributed by atoms with Crippen LogP contribution in [-0.2, 0) is 6.54 Å². The summed E-state index contributed by atoms with van der Waals surface area (Å²) in [6.07, 6.45) is 4.22. The van der Waals surface area contributed by atoms with E-state index in [-0.39, 0.29) is 6.61 Å². The van der Waals surface area contributed by atoms with Crippen molar-refractivity contribution in [1.82, 2.24) is 24.6 Å². The number of aliphatic hydroxyl groups excluding tert-OH is 1. The molecule has 6 nitrogen and oxygen atoms in total. The molecule has 0 spiro atoms. The fraction of sp³-hybridized carbons (Fsp3) is 0.429. The zero-order chi connectivity index (χ0) is 18.6. The SMILES string of the molecule is Cc1cc(-c2c(-c3ccccc3)ncn2CCN2CCCC(CO)C2)n[nH]1. The van der Waals surface area contributed by atoms with Gasteiger partial charge in [-0.1, -0.05) is 30.3 Å². The van der Waals surface area contributed by atoms with E-state index in [9.17, 15) is 5.11 Å². The third-order valence-electron chi connectivity index (χ3n) is 5.35. The summed E-state index contributed by atoms with van der Waals surface area (Å²) < 4.78 is 2.21. The monoisotopic (exact) mass is 365 g/mol. The molecule has 0 amide bonds. The number of H-pyrrole nitrogens is 1. The first-order valence-corrected chi connectivity index (χ1v) is 9.70. The molecule has 1 aliphatic heterocycles. The van der Waals surface area contributed by atoms with Crippen molar-refractivity contribution in [3.8, 4) is 22.6 Å². The summed E-state index contributed by atoms with van der Waals surface area (Å²) in [5.74, 6) is 0.412. The maximum absolute atomic E-state index is 9.46. The van der Waals surface area contributed by atoms with Crippen molar-refractivity contribution < 1.29 is 5.11 Å². The molecule has 0 saturated carbocycles. The lowest BCUT2D eigenvalue weighted by Crippen LogP contribution is -2.38. The largest absolute Gasteiger partial charge is 0.396 e. The Hall–Kier alpha value is -2.44. The summed E-state index contributed by atoms with van der Waals surface area (Å²) in [6, 6.07) is 12.3. The fourth-order valence-electron chi connectivity index (χ4n) is 3.92. The second kappa shape index (κ2) is 8.06. The predicted molar refractivity (Wildman–Crippen MR) is 106 cm³/mol. The van der Waals surface area contributed by atoms with Crippen LogP contribution in [0.15, 0.2) is 42.7 Å². The molecule has 1 unspecified atom stereocenters. The van der Waals surface area contributed by atoms with Crippen LogP contribution in [0.3, 0.4) is 0 Å². The molecule has 27 heavy (non-hydrogen) atoms. The van der Waals surface area contributed by atoms with Crippen molar-refractivity contribution in [3.05, 3.63) is 48.4 Å². The number of nitrogens with one attached hydrogen (secondary N) is 1. The zero-order valence-electron chi connectivity index (χ0n) is 15.8. The molecule has 1 fully saturated rings. The molecule has 0 radical (unpaired) electrons. The van der Waals surface area contributed by atoms with Crippen LogP contribution in [0.25, 0.3) is 22.6 Å². The molecule has 2 N–H and O–H groups in total. The van der Waals surface area contributed by atoms with Crippen LogP contribution >= 0.6 is 0 Å². The first-order chi connectivity index (χ1) is 13.2. The van der Waals surface area contributed by atoms with Gasteiger partial charge in [-0.25, -0.2) is 4.98 Å². The minimum Gasteiger partial charge on any atom is -0.396 e. The number of benzene rings is 1. The second-order valence-corrected chi connectivity index (χ2v) is 7.43. The Labute approximate surface area is 159 Å². The molecule has 3 heterocycles. The van der Waals surface area contributed by atoms with Crippen LogP contribution < -0.4 is 0 Å². The summed E-state index contributed by atoms with van der Waals surface area (Å²) >= 11 is 0. The highest BCUT2D eigenvalue weighted by Crippen LogP contribution is 2.30. The van der Waals surface area contributed by atoms with E-state index in [2.05, 4.69) is 37.9 Å². The topological polar surface area (TPSA) is 70.0 Å². The van der Waals surface area contributed by atoms with E-state index in [1.54, 1.807) is 0 Å². The number of aromatic amines is 1. The highest BCUT2D eigenvalue weighted by atomic mass is 16.3. The Morgan fingerprint density at radius 3 is 2.81 bits per heavy atom. The fourth-order valence-corrected chi connectivity index (χ4v) is 3.92. The summed E-state index contributed by atoms with van der Waals surface area (Å²) in [5.41, 5.74) is 5.09. The normalized spacial score (nSPS) is 18.1. The highest BCUT2D eigenvalue weighted by molar-refractivity contribution is 5.76. The molecule has 4 rings (SSSR count). The predicted octanol–water partition coefficient (Wildman–Crippen LogP) is 2.95. The molecule has 142 valence electrons. The van der Waals surface area contributed by atoms with Gasteiger partial charge in [-0.2, -0.15) is 5.10 Å². The highest BCUT2D eigenvalue weighted by Gasteiger charge is 2.21. The Balaban J connectivity index is 1.60. The smallest absolute Gasteiger partial charge is 0.111 e. The Bertz CT molecular complexity index is 870. The van der Waals surface area contributed by atoms with Crippen molar-refractivity contribution in [2.75, 3.05) is 26.2 Å². The number of hydrogen-bond donors (Lipinski definition) is 2. The summed E-state index contributed by atoms with van der Waals surface area (Å²) in [7, 11) is 0. The van der Waals surface area contributed by atoms with Crippen molar-refractivity contribution in [2.45, 2.75) is 26.3 Å². The molecule has 0 aliphatic carbocycles. The lowest BCUT2D eigenvalue weighted by molar-refractivity contribution is 0.118.